The van der Waals surface area contributed by atoms with Crippen molar-refractivity contribution in [2.45, 2.75) is 51.6 Å². The molecule has 0 heterocycles. The quantitative estimate of drug-likeness (QED) is 0.680. The SMILES string of the molecule is CC(C)(O)C(=O)C1(C(=O)O)CCCCC1(Cc1ccccc1)C(=O)O. The van der Waals surface area contributed by atoms with E-state index in [-0.39, 0.29) is 19.3 Å². The molecule has 0 radical (unpaired) electrons. The Labute approximate surface area is 146 Å². The lowest BCUT2D eigenvalue weighted by Gasteiger charge is -2.49. The predicted molar refractivity (Wildman–Crippen MR) is 90.1 cm³/mol. The molecule has 2 atom stereocenters. The van der Waals surface area contributed by atoms with Gasteiger partial charge in [-0.25, -0.2) is 0 Å². The molecule has 6 nitrogen and oxygen atoms in total. The normalized spacial score (nSPS) is 26.8. The molecule has 1 aromatic carbocycles. The Kier molecular flexibility index (Phi) is 5.04. The van der Waals surface area contributed by atoms with Gasteiger partial charge in [0, 0.05) is 0 Å². The van der Waals surface area contributed by atoms with Crippen LogP contribution in [0.15, 0.2) is 30.3 Å². The zero-order chi connectivity index (χ0) is 18.9. The molecular weight excluding hydrogens is 324 g/mol. The van der Waals surface area contributed by atoms with Crippen molar-refractivity contribution in [1.29, 1.82) is 0 Å². The summed E-state index contributed by atoms with van der Waals surface area (Å²) in [5, 5.41) is 30.3. The lowest BCUT2D eigenvalue weighted by atomic mass is 9.50. The minimum atomic E-state index is -2.16. The van der Waals surface area contributed by atoms with Crippen LogP contribution in [0.5, 0.6) is 0 Å². The summed E-state index contributed by atoms with van der Waals surface area (Å²) in [6.07, 6.45) is 0.859. The average molecular weight is 348 g/mol. The Morgan fingerprint density at radius 1 is 1.00 bits per heavy atom. The third-order valence-electron chi connectivity index (χ3n) is 5.29. The number of ketones is 1. The van der Waals surface area contributed by atoms with Crippen LogP contribution in [0.3, 0.4) is 0 Å². The Morgan fingerprint density at radius 3 is 2.04 bits per heavy atom. The highest BCUT2D eigenvalue weighted by Crippen LogP contribution is 2.55. The van der Waals surface area contributed by atoms with E-state index < -0.39 is 34.2 Å². The zero-order valence-electron chi connectivity index (χ0n) is 14.5. The molecule has 0 amide bonds. The Hall–Kier alpha value is -2.21. The van der Waals surface area contributed by atoms with E-state index in [2.05, 4.69) is 0 Å². The van der Waals surface area contributed by atoms with Crippen molar-refractivity contribution < 1.29 is 29.7 Å². The molecule has 6 heteroatoms. The van der Waals surface area contributed by atoms with Crippen molar-refractivity contribution in [2.75, 3.05) is 0 Å². The molecule has 0 aromatic heterocycles. The van der Waals surface area contributed by atoms with Crippen LogP contribution in [0.2, 0.25) is 0 Å². The molecule has 1 aliphatic carbocycles. The maximum absolute atomic E-state index is 13.0. The summed E-state index contributed by atoms with van der Waals surface area (Å²) >= 11 is 0. The van der Waals surface area contributed by atoms with E-state index in [1.54, 1.807) is 30.3 Å². The van der Waals surface area contributed by atoms with Gasteiger partial charge in [-0.15, -0.1) is 0 Å². The maximum atomic E-state index is 13.0. The van der Waals surface area contributed by atoms with Gasteiger partial charge in [-0.3, -0.25) is 14.4 Å². The predicted octanol–water partition coefficient (Wildman–Crippen LogP) is 2.29. The highest BCUT2D eigenvalue weighted by molar-refractivity contribution is 6.11. The number of carboxylic acids is 2. The van der Waals surface area contributed by atoms with Gasteiger partial charge in [0.25, 0.3) is 0 Å². The van der Waals surface area contributed by atoms with Gasteiger partial charge in [-0.05, 0) is 38.7 Å². The summed E-state index contributed by atoms with van der Waals surface area (Å²) in [6, 6.07) is 8.72. The van der Waals surface area contributed by atoms with Gasteiger partial charge < -0.3 is 15.3 Å². The van der Waals surface area contributed by atoms with Gasteiger partial charge in [0.05, 0.1) is 5.41 Å². The number of hydrogen-bond donors (Lipinski definition) is 3. The first-order valence-corrected chi connectivity index (χ1v) is 8.36. The van der Waals surface area contributed by atoms with Crippen molar-refractivity contribution >= 4 is 17.7 Å². The van der Waals surface area contributed by atoms with Gasteiger partial charge in [0.15, 0.2) is 5.78 Å². The van der Waals surface area contributed by atoms with E-state index in [9.17, 15) is 29.7 Å². The first-order valence-electron chi connectivity index (χ1n) is 8.36. The van der Waals surface area contributed by atoms with Gasteiger partial charge in [0.1, 0.15) is 11.0 Å². The number of carbonyl (C=O) groups is 3. The van der Waals surface area contributed by atoms with Crippen LogP contribution in [0, 0.1) is 10.8 Å². The Morgan fingerprint density at radius 2 is 1.56 bits per heavy atom. The summed E-state index contributed by atoms with van der Waals surface area (Å²) in [7, 11) is 0. The lowest BCUT2D eigenvalue weighted by molar-refractivity contribution is -0.189. The second kappa shape index (κ2) is 6.59. The van der Waals surface area contributed by atoms with Crippen molar-refractivity contribution in [3.63, 3.8) is 0 Å². The fraction of sp³-hybridized carbons (Fsp3) is 0.526. The number of Topliss-reactive ketones (excluding diaryl/α,β-unsaturated/α-hetero) is 1. The van der Waals surface area contributed by atoms with E-state index in [1.165, 1.54) is 13.8 Å². The van der Waals surface area contributed by atoms with E-state index in [4.69, 9.17) is 0 Å². The van der Waals surface area contributed by atoms with Crippen LogP contribution in [-0.4, -0.2) is 38.6 Å². The van der Waals surface area contributed by atoms with E-state index in [0.717, 1.165) is 0 Å². The van der Waals surface area contributed by atoms with E-state index in [0.29, 0.717) is 18.4 Å². The second-order valence-electron chi connectivity index (χ2n) is 7.36. The Balaban J connectivity index is 2.69. The fourth-order valence-corrected chi connectivity index (χ4v) is 4.08. The highest BCUT2D eigenvalue weighted by Gasteiger charge is 2.68. The molecule has 136 valence electrons. The Bertz CT molecular complexity index is 675. The van der Waals surface area contributed by atoms with Crippen molar-refractivity contribution in [2.24, 2.45) is 10.8 Å². The fourth-order valence-electron chi connectivity index (χ4n) is 4.08. The van der Waals surface area contributed by atoms with Crippen LogP contribution in [0.4, 0.5) is 0 Å². The third-order valence-corrected chi connectivity index (χ3v) is 5.29. The first kappa shape index (κ1) is 19.1. The molecule has 0 bridgehead atoms. The number of aliphatic hydroxyl groups is 1. The van der Waals surface area contributed by atoms with Gasteiger partial charge >= 0.3 is 11.9 Å². The van der Waals surface area contributed by atoms with Crippen molar-refractivity contribution in [1.82, 2.24) is 0 Å². The molecule has 1 aliphatic rings. The molecule has 0 saturated heterocycles. The standard InChI is InChI=1S/C19H24O6/c1-17(2,25)14(20)19(16(23)24)11-7-6-10-18(19,15(21)22)12-13-8-4-3-5-9-13/h3-5,8-9,25H,6-7,10-12H2,1-2H3,(H,21,22)(H,23,24). The summed E-state index contributed by atoms with van der Waals surface area (Å²) in [5.41, 5.74) is -5.24. The number of carboxylic acid groups (broad SMARTS) is 2. The second-order valence-corrected chi connectivity index (χ2v) is 7.36. The summed E-state index contributed by atoms with van der Waals surface area (Å²) < 4.78 is 0. The molecular formula is C19H24O6. The summed E-state index contributed by atoms with van der Waals surface area (Å²) in [5.74, 6) is -3.72. The van der Waals surface area contributed by atoms with Crippen LogP contribution >= 0.6 is 0 Å². The van der Waals surface area contributed by atoms with E-state index >= 15 is 0 Å². The molecule has 3 N–H and O–H groups in total. The molecule has 0 aliphatic heterocycles. The number of rotatable bonds is 6. The molecule has 25 heavy (non-hydrogen) atoms. The van der Waals surface area contributed by atoms with Gasteiger partial charge in [0.2, 0.25) is 0 Å². The zero-order valence-corrected chi connectivity index (χ0v) is 14.5. The molecule has 1 saturated carbocycles. The first-order chi connectivity index (χ1) is 11.6. The topological polar surface area (TPSA) is 112 Å². The molecule has 1 aromatic rings. The maximum Gasteiger partial charge on any atom is 0.318 e. The highest BCUT2D eigenvalue weighted by atomic mass is 16.4. The third kappa shape index (κ3) is 3.06. The number of hydrogen-bond acceptors (Lipinski definition) is 4. The van der Waals surface area contributed by atoms with Crippen LogP contribution < -0.4 is 0 Å². The van der Waals surface area contributed by atoms with Gasteiger partial charge in [-0.2, -0.15) is 0 Å². The average Bonchev–Trinajstić information content (AvgIpc) is 2.54. The van der Waals surface area contributed by atoms with Crippen LogP contribution in [0.1, 0.15) is 45.1 Å². The number of aliphatic carboxylic acids is 2. The van der Waals surface area contributed by atoms with Crippen molar-refractivity contribution in [3.05, 3.63) is 35.9 Å². The van der Waals surface area contributed by atoms with Crippen LogP contribution in [-0.2, 0) is 20.8 Å². The largest absolute Gasteiger partial charge is 0.481 e. The van der Waals surface area contributed by atoms with E-state index in [1.807, 2.05) is 0 Å². The molecule has 2 rings (SSSR count). The molecule has 0 spiro atoms. The summed E-state index contributed by atoms with van der Waals surface area (Å²) in [6.45, 7) is 2.42. The molecule has 1 fully saturated rings. The number of carbonyl (C=O) groups excluding carboxylic acids is 1. The molecule has 2 unspecified atom stereocenters. The monoisotopic (exact) mass is 348 g/mol. The number of benzene rings is 1. The minimum Gasteiger partial charge on any atom is -0.481 e. The minimum absolute atomic E-state index is 0.0721. The van der Waals surface area contributed by atoms with Gasteiger partial charge in [-0.1, -0.05) is 43.2 Å². The van der Waals surface area contributed by atoms with Crippen LogP contribution in [0.25, 0.3) is 0 Å². The smallest absolute Gasteiger partial charge is 0.318 e. The summed E-state index contributed by atoms with van der Waals surface area (Å²) in [4.78, 5) is 37.6. The van der Waals surface area contributed by atoms with Crippen molar-refractivity contribution in [3.8, 4) is 0 Å². The lowest BCUT2D eigenvalue weighted by Crippen LogP contribution is -2.63.